The molecule has 0 fully saturated rings. The number of nitrogens with one attached hydrogen (secondary N) is 1. The Morgan fingerprint density at radius 2 is 1.24 bits per heavy atom. The van der Waals surface area contributed by atoms with Crippen molar-refractivity contribution in [3.05, 3.63) is 29.8 Å². The molecular weight excluding hydrogens is 434 g/mol. The maximum atomic E-state index is 13.1. The summed E-state index contributed by atoms with van der Waals surface area (Å²) in [7, 11) is 8.89. The van der Waals surface area contributed by atoms with Gasteiger partial charge in [-0.05, 0) is 12.1 Å². The zero-order valence-electron chi connectivity index (χ0n) is 19.1. The lowest BCUT2D eigenvalue weighted by Crippen LogP contribution is -2.17. The number of ether oxygens (including phenoxy) is 6. The van der Waals surface area contributed by atoms with Gasteiger partial charge in [-0.1, -0.05) is 0 Å². The monoisotopic (exact) mass is 459 g/mol. The molecule has 0 atom stereocenters. The van der Waals surface area contributed by atoms with Crippen molar-refractivity contribution in [1.82, 2.24) is 14.8 Å². The molecule has 12 nitrogen and oxygen atoms in total. The molecule has 0 aliphatic heterocycles. The molecule has 0 aliphatic rings. The van der Waals surface area contributed by atoms with E-state index in [1.54, 1.807) is 12.1 Å². The number of hydrogen-bond donors (Lipinski definition) is 2. The minimum atomic E-state index is -0.544. The maximum absolute atomic E-state index is 13.1. The lowest BCUT2D eigenvalue weighted by atomic mass is 10.1. The van der Waals surface area contributed by atoms with Crippen molar-refractivity contribution in [2.24, 2.45) is 0 Å². The summed E-state index contributed by atoms with van der Waals surface area (Å²) in [5.41, 5.74) is 6.70. The van der Waals surface area contributed by atoms with Crippen LogP contribution in [0, 0.1) is 0 Å². The van der Waals surface area contributed by atoms with Gasteiger partial charge in [0.1, 0.15) is 0 Å². The Hall–Kier alpha value is -4.35. The van der Waals surface area contributed by atoms with Crippen LogP contribution in [0.5, 0.6) is 34.5 Å². The summed E-state index contributed by atoms with van der Waals surface area (Å²) < 4.78 is 32.8. The first kappa shape index (κ1) is 23.3. The molecule has 3 N–H and O–H groups in total. The van der Waals surface area contributed by atoms with E-state index in [0.717, 1.165) is 4.68 Å². The molecule has 0 spiro atoms. The number of nitrogens with zero attached hydrogens (tertiary/aromatic N) is 3. The van der Waals surface area contributed by atoms with Crippen LogP contribution in [0.25, 0.3) is 0 Å². The van der Waals surface area contributed by atoms with Gasteiger partial charge in [-0.3, -0.25) is 4.79 Å². The Bertz CT molecular complexity index is 1110. The minimum Gasteiger partial charge on any atom is -0.493 e. The summed E-state index contributed by atoms with van der Waals surface area (Å²) in [6, 6.07) is 6.33. The van der Waals surface area contributed by atoms with Crippen LogP contribution in [-0.2, 0) is 0 Å². The van der Waals surface area contributed by atoms with Crippen molar-refractivity contribution in [2.75, 3.05) is 53.7 Å². The van der Waals surface area contributed by atoms with E-state index in [1.165, 1.54) is 54.8 Å². The van der Waals surface area contributed by atoms with Gasteiger partial charge in [0.05, 0.1) is 42.7 Å². The number of rotatable bonds is 9. The first-order valence-corrected chi connectivity index (χ1v) is 9.54. The van der Waals surface area contributed by atoms with Crippen molar-refractivity contribution in [3.8, 4) is 34.5 Å². The van der Waals surface area contributed by atoms with E-state index >= 15 is 0 Å². The SMILES string of the molecule is COc1cc(Nc2nc(N)n(C(=O)c3cc(OC)c(OC)c(OC)c3)n2)cc(OC)c1OC. The fourth-order valence-electron chi connectivity index (χ4n) is 3.14. The molecule has 0 aliphatic carbocycles. The molecule has 0 bridgehead atoms. The highest BCUT2D eigenvalue weighted by molar-refractivity contribution is 5.98. The highest BCUT2D eigenvalue weighted by Gasteiger charge is 2.22. The normalized spacial score (nSPS) is 10.4. The Morgan fingerprint density at radius 3 is 1.67 bits per heavy atom. The molecule has 3 aromatic rings. The van der Waals surface area contributed by atoms with Crippen LogP contribution in [0.4, 0.5) is 17.6 Å². The molecule has 0 saturated carbocycles. The number of methoxy groups -OCH3 is 6. The van der Waals surface area contributed by atoms with Crippen molar-refractivity contribution in [1.29, 1.82) is 0 Å². The van der Waals surface area contributed by atoms with E-state index in [4.69, 9.17) is 34.2 Å². The highest BCUT2D eigenvalue weighted by atomic mass is 16.5. The van der Waals surface area contributed by atoms with Crippen molar-refractivity contribution in [2.45, 2.75) is 0 Å². The number of benzene rings is 2. The van der Waals surface area contributed by atoms with Gasteiger partial charge in [-0.2, -0.15) is 9.67 Å². The minimum absolute atomic E-state index is 0.0857. The second-order valence-electron chi connectivity index (χ2n) is 6.46. The van der Waals surface area contributed by atoms with Crippen LogP contribution in [0.3, 0.4) is 0 Å². The zero-order valence-corrected chi connectivity index (χ0v) is 19.1. The second kappa shape index (κ2) is 9.85. The summed E-state index contributed by atoms with van der Waals surface area (Å²) in [5, 5.41) is 7.16. The van der Waals surface area contributed by atoms with Crippen LogP contribution < -0.4 is 39.5 Å². The average Bonchev–Trinajstić information content (AvgIpc) is 3.21. The molecule has 1 aromatic heterocycles. The number of hydrogen-bond acceptors (Lipinski definition) is 11. The lowest BCUT2D eigenvalue weighted by Gasteiger charge is -2.14. The number of carbonyl (C=O) groups is 1. The number of aromatic nitrogens is 3. The predicted molar refractivity (Wildman–Crippen MR) is 120 cm³/mol. The molecule has 0 unspecified atom stereocenters. The van der Waals surface area contributed by atoms with Crippen molar-refractivity contribution < 1.29 is 33.2 Å². The van der Waals surface area contributed by atoms with E-state index in [0.29, 0.717) is 40.2 Å². The number of anilines is 3. The third kappa shape index (κ3) is 4.49. The summed E-state index contributed by atoms with van der Waals surface area (Å²) in [5.74, 6) is 1.70. The Labute approximate surface area is 190 Å². The first-order chi connectivity index (χ1) is 15.9. The van der Waals surface area contributed by atoms with E-state index in [1.807, 2.05) is 0 Å². The Morgan fingerprint density at radius 1 is 0.788 bits per heavy atom. The molecule has 3 rings (SSSR count). The van der Waals surface area contributed by atoms with Crippen molar-refractivity contribution >= 4 is 23.5 Å². The predicted octanol–water partition coefficient (Wildman–Crippen LogP) is 2.34. The molecule has 0 saturated heterocycles. The van der Waals surface area contributed by atoms with Gasteiger partial charge >= 0.3 is 0 Å². The van der Waals surface area contributed by atoms with E-state index in [2.05, 4.69) is 15.4 Å². The first-order valence-electron chi connectivity index (χ1n) is 9.54. The van der Waals surface area contributed by atoms with Crippen LogP contribution in [0.2, 0.25) is 0 Å². The van der Waals surface area contributed by atoms with Gasteiger partial charge in [-0.15, -0.1) is 5.10 Å². The van der Waals surface area contributed by atoms with Crippen LogP contribution in [-0.4, -0.2) is 63.3 Å². The molecule has 176 valence electrons. The van der Waals surface area contributed by atoms with E-state index < -0.39 is 5.91 Å². The van der Waals surface area contributed by atoms with Gasteiger partial charge in [0.2, 0.25) is 23.4 Å². The van der Waals surface area contributed by atoms with Gasteiger partial charge in [0.15, 0.2) is 23.0 Å². The number of nitrogen functional groups attached to an aromatic ring is 1. The topological polar surface area (TPSA) is 141 Å². The summed E-state index contributed by atoms with van der Waals surface area (Å²) in [6.45, 7) is 0. The molecule has 1 heterocycles. The molecule has 2 aromatic carbocycles. The third-order valence-corrected chi connectivity index (χ3v) is 4.66. The summed E-state index contributed by atoms with van der Waals surface area (Å²) in [6.07, 6.45) is 0. The van der Waals surface area contributed by atoms with Gasteiger partial charge < -0.3 is 39.5 Å². The lowest BCUT2D eigenvalue weighted by molar-refractivity contribution is 0.0947. The number of carbonyl (C=O) groups excluding carboxylic acids is 1. The van der Waals surface area contributed by atoms with Gasteiger partial charge in [0.25, 0.3) is 5.91 Å². The summed E-state index contributed by atoms with van der Waals surface area (Å²) in [4.78, 5) is 17.2. The van der Waals surface area contributed by atoms with Crippen LogP contribution in [0.1, 0.15) is 10.4 Å². The maximum Gasteiger partial charge on any atom is 0.281 e. The van der Waals surface area contributed by atoms with Crippen LogP contribution >= 0.6 is 0 Å². The van der Waals surface area contributed by atoms with Crippen LogP contribution in [0.15, 0.2) is 24.3 Å². The van der Waals surface area contributed by atoms with E-state index in [-0.39, 0.29) is 17.5 Å². The standard InChI is InChI=1S/C21H25N5O7/c1-28-13-7-11(8-14(29-2)17(13)32-5)19(27)26-20(22)24-21(25-26)23-12-9-15(30-3)18(33-6)16(10-12)31-4/h7-10H,1-6H3,(H3,22,23,24,25). The molecular formula is C21H25N5O7. The molecule has 0 amide bonds. The van der Waals surface area contributed by atoms with E-state index in [9.17, 15) is 4.79 Å². The summed E-state index contributed by atoms with van der Waals surface area (Å²) >= 11 is 0. The quantitative estimate of drug-likeness (QED) is 0.487. The van der Waals surface area contributed by atoms with Crippen molar-refractivity contribution in [3.63, 3.8) is 0 Å². The van der Waals surface area contributed by atoms with Gasteiger partial charge in [-0.25, -0.2) is 0 Å². The Kier molecular flexibility index (Phi) is 6.96. The fraction of sp³-hybridized carbons (Fsp3) is 0.286. The largest absolute Gasteiger partial charge is 0.493 e. The van der Waals surface area contributed by atoms with Gasteiger partial charge in [0, 0.05) is 23.4 Å². The molecule has 12 heteroatoms. The average molecular weight is 459 g/mol. The Balaban J connectivity index is 1.95. The fourth-order valence-corrected chi connectivity index (χ4v) is 3.14. The zero-order chi connectivity index (χ0) is 24.1. The smallest absolute Gasteiger partial charge is 0.281 e. The third-order valence-electron chi connectivity index (χ3n) is 4.66. The molecule has 33 heavy (non-hydrogen) atoms. The highest BCUT2D eigenvalue weighted by Crippen LogP contribution is 2.41. The molecule has 0 radical (unpaired) electrons. The second-order valence-corrected chi connectivity index (χ2v) is 6.46. The number of nitrogens with two attached hydrogens (primary N) is 1.